The van der Waals surface area contributed by atoms with E-state index >= 15 is 0 Å². The number of thiophene rings is 1. The third kappa shape index (κ3) is 5.96. The van der Waals surface area contributed by atoms with E-state index in [0.29, 0.717) is 18.8 Å². The summed E-state index contributed by atoms with van der Waals surface area (Å²) in [6, 6.07) is 8.70. The second kappa shape index (κ2) is 9.36. The van der Waals surface area contributed by atoms with E-state index < -0.39 is 21.8 Å². The summed E-state index contributed by atoms with van der Waals surface area (Å²) in [4.78, 5) is 14.5. The van der Waals surface area contributed by atoms with Crippen LogP contribution in [0.1, 0.15) is 10.4 Å². The molecular weight excluding hydrogens is 439 g/mol. The fourth-order valence-corrected chi connectivity index (χ4v) is 5.23. The maximum absolute atomic E-state index is 12.9. The van der Waals surface area contributed by atoms with E-state index in [1.807, 2.05) is 17.5 Å². The lowest BCUT2D eigenvalue weighted by atomic mass is 10.1. The highest BCUT2D eigenvalue weighted by Gasteiger charge is 2.32. The molecule has 0 radical (unpaired) electrons. The van der Waals surface area contributed by atoms with Gasteiger partial charge in [0.25, 0.3) is 0 Å². The average Bonchev–Trinajstić information content (AvgIpc) is 3.20. The summed E-state index contributed by atoms with van der Waals surface area (Å²) in [7, 11) is -3.56. The van der Waals surface area contributed by atoms with E-state index in [1.165, 1.54) is 21.7 Å². The number of nitrogens with zero attached hydrogens (tertiary/aromatic N) is 2. The number of nitrogens with one attached hydrogen (secondary N) is 1. The maximum Gasteiger partial charge on any atom is 0.416 e. The van der Waals surface area contributed by atoms with Crippen molar-refractivity contribution in [2.24, 2.45) is 0 Å². The molecule has 164 valence electrons. The highest BCUT2D eigenvalue weighted by molar-refractivity contribution is 7.89. The first-order chi connectivity index (χ1) is 14.1. The largest absolute Gasteiger partial charge is 0.416 e. The number of hydrogen-bond donors (Lipinski definition) is 1. The molecule has 0 spiro atoms. The van der Waals surface area contributed by atoms with Gasteiger partial charge >= 0.3 is 6.18 Å². The zero-order chi connectivity index (χ0) is 21.8. The summed E-state index contributed by atoms with van der Waals surface area (Å²) < 4.78 is 65.1. The number of amides is 1. The maximum atomic E-state index is 12.9. The quantitative estimate of drug-likeness (QED) is 0.688. The van der Waals surface area contributed by atoms with Crippen LogP contribution in [0.2, 0.25) is 0 Å². The Balaban J connectivity index is 1.48. The molecule has 3 rings (SSSR count). The van der Waals surface area contributed by atoms with Crippen molar-refractivity contribution in [1.82, 2.24) is 9.62 Å². The minimum Gasteiger partial charge on any atom is -0.369 e. The standard InChI is InChI=1S/C19H22F3N3O3S2/c20-19(21,22)15-3-1-4-16(13-15)24-7-9-25(10-8-24)30(27,28)12-6-23-18(26)14-17-5-2-11-29-17/h1-5,11,13H,6-10,12,14H2,(H,23,26). The Labute approximate surface area is 177 Å². The number of piperazine rings is 1. The Kier molecular flexibility index (Phi) is 7.04. The number of carbonyl (C=O) groups excluding carboxylic acids is 1. The van der Waals surface area contributed by atoms with Crippen LogP contribution in [0.4, 0.5) is 18.9 Å². The van der Waals surface area contributed by atoms with Gasteiger partial charge in [0.05, 0.1) is 17.7 Å². The van der Waals surface area contributed by atoms with E-state index in [9.17, 15) is 26.4 Å². The molecule has 1 fully saturated rings. The smallest absolute Gasteiger partial charge is 0.369 e. The predicted octanol–water partition coefficient (Wildman–Crippen LogP) is 2.58. The van der Waals surface area contributed by atoms with E-state index in [-0.39, 0.29) is 37.7 Å². The van der Waals surface area contributed by atoms with Gasteiger partial charge in [0.1, 0.15) is 0 Å². The number of benzene rings is 1. The fourth-order valence-electron chi connectivity index (χ4n) is 3.19. The minimum absolute atomic E-state index is 0.0143. The number of rotatable bonds is 7. The zero-order valence-corrected chi connectivity index (χ0v) is 17.7. The van der Waals surface area contributed by atoms with Gasteiger partial charge in [0.2, 0.25) is 15.9 Å². The first-order valence-electron chi connectivity index (χ1n) is 9.34. The van der Waals surface area contributed by atoms with Crippen molar-refractivity contribution in [2.75, 3.05) is 43.4 Å². The average molecular weight is 462 g/mol. The molecule has 1 aromatic heterocycles. The summed E-state index contributed by atoms with van der Waals surface area (Å²) in [5.41, 5.74) is -0.309. The van der Waals surface area contributed by atoms with Gasteiger partial charge < -0.3 is 10.2 Å². The first kappa shape index (κ1) is 22.6. The first-order valence-corrected chi connectivity index (χ1v) is 11.8. The summed E-state index contributed by atoms with van der Waals surface area (Å²) in [6.45, 7) is 0.973. The van der Waals surface area contributed by atoms with E-state index in [2.05, 4.69) is 5.32 Å². The summed E-state index contributed by atoms with van der Waals surface area (Å²) in [5, 5.41) is 4.48. The molecule has 1 aliphatic heterocycles. The Morgan fingerprint density at radius 3 is 2.47 bits per heavy atom. The third-order valence-electron chi connectivity index (χ3n) is 4.77. The molecule has 1 amide bonds. The molecule has 11 heteroatoms. The SMILES string of the molecule is O=C(Cc1cccs1)NCCS(=O)(=O)N1CCN(c2cccc(C(F)(F)F)c2)CC1. The molecule has 1 N–H and O–H groups in total. The van der Waals surface area contributed by atoms with E-state index in [0.717, 1.165) is 17.0 Å². The van der Waals surface area contributed by atoms with Crippen LogP contribution in [0.15, 0.2) is 41.8 Å². The number of alkyl halides is 3. The van der Waals surface area contributed by atoms with Crippen LogP contribution >= 0.6 is 11.3 Å². The van der Waals surface area contributed by atoms with Crippen molar-refractivity contribution >= 4 is 33.0 Å². The second-order valence-corrected chi connectivity index (χ2v) is 9.98. The molecule has 0 unspecified atom stereocenters. The van der Waals surface area contributed by atoms with Crippen molar-refractivity contribution in [3.05, 3.63) is 52.2 Å². The van der Waals surface area contributed by atoms with Gasteiger partial charge in [0, 0.05) is 43.3 Å². The zero-order valence-electron chi connectivity index (χ0n) is 16.1. The summed E-state index contributed by atoms with van der Waals surface area (Å²) in [5.74, 6) is -0.450. The van der Waals surface area contributed by atoms with E-state index in [4.69, 9.17) is 0 Å². The van der Waals surface area contributed by atoms with Crippen molar-refractivity contribution in [2.45, 2.75) is 12.6 Å². The normalized spacial score (nSPS) is 15.9. The number of halogens is 3. The van der Waals surface area contributed by atoms with Gasteiger partial charge in [-0.05, 0) is 29.6 Å². The third-order valence-corrected chi connectivity index (χ3v) is 7.52. The van der Waals surface area contributed by atoms with Crippen LogP contribution in [0.3, 0.4) is 0 Å². The highest BCUT2D eigenvalue weighted by Crippen LogP contribution is 2.32. The lowest BCUT2D eigenvalue weighted by Gasteiger charge is -2.35. The van der Waals surface area contributed by atoms with Crippen molar-refractivity contribution in [3.8, 4) is 0 Å². The van der Waals surface area contributed by atoms with Gasteiger partial charge in [0.15, 0.2) is 0 Å². The lowest BCUT2D eigenvalue weighted by Crippen LogP contribution is -2.50. The highest BCUT2D eigenvalue weighted by atomic mass is 32.2. The number of carbonyl (C=O) groups is 1. The number of sulfonamides is 1. The van der Waals surface area contributed by atoms with Gasteiger partial charge in [-0.3, -0.25) is 4.79 Å². The van der Waals surface area contributed by atoms with Gasteiger partial charge in [-0.25, -0.2) is 8.42 Å². The Hall–Kier alpha value is -2.11. The predicted molar refractivity (Wildman–Crippen MR) is 110 cm³/mol. The Bertz CT molecular complexity index is 955. The molecule has 0 bridgehead atoms. The number of hydrogen-bond acceptors (Lipinski definition) is 5. The molecule has 1 saturated heterocycles. The van der Waals surface area contributed by atoms with Crippen LogP contribution in [0.25, 0.3) is 0 Å². The van der Waals surface area contributed by atoms with Crippen LogP contribution in [0, 0.1) is 0 Å². The number of anilines is 1. The molecule has 6 nitrogen and oxygen atoms in total. The Morgan fingerprint density at radius 2 is 1.83 bits per heavy atom. The molecular formula is C19H22F3N3O3S2. The molecule has 0 saturated carbocycles. The summed E-state index contributed by atoms with van der Waals surface area (Å²) >= 11 is 1.46. The molecule has 0 atom stereocenters. The minimum atomic E-state index is -4.42. The molecule has 2 heterocycles. The van der Waals surface area contributed by atoms with Crippen LogP contribution in [0.5, 0.6) is 0 Å². The van der Waals surface area contributed by atoms with Gasteiger partial charge in [-0.1, -0.05) is 12.1 Å². The summed E-state index contributed by atoms with van der Waals surface area (Å²) in [6.07, 6.45) is -4.21. The molecule has 0 aliphatic carbocycles. The van der Waals surface area contributed by atoms with Crippen molar-refractivity contribution in [1.29, 1.82) is 0 Å². The second-order valence-electron chi connectivity index (χ2n) is 6.86. The van der Waals surface area contributed by atoms with E-state index in [1.54, 1.807) is 11.0 Å². The van der Waals surface area contributed by atoms with Crippen LogP contribution in [-0.4, -0.2) is 57.1 Å². The van der Waals surface area contributed by atoms with Crippen molar-refractivity contribution < 1.29 is 26.4 Å². The molecule has 2 aromatic rings. The Morgan fingerprint density at radius 1 is 1.10 bits per heavy atom. The van der Waals surface area contributed by atoms with Crippen LogP contribution in [-0.2, 0) is 27.4 Å². The molecule has 1 aliphatic rings. The topological polar surface area (TPSA) is 69.7 Å². The molecule has 30 heavy (non-hydrogen) atoms. The van der Waals surface area contributed by atoms with Crippen LogP contribution < -0.4 is 10.2 Å². The molecule has 1 aromatic carbocycles. The lowest BCUT2D eigenvalue weighted by molar-refractivity contribution is -0.137. The fraction of sp³-hybridized carbons (Fsp3) is 0.421. The van der Waals surface area contributed by atoms with Gasteiger partial charge in [-0.15, -0.1) is 11.3 Å². The monoisotopic (exact) mass is 461 g/mol. The van der Waals surface area contributed by atoms with Crippen molar-refractivity contribution in [3.63, 3.8) is 0 Å². The van der Waals surface area contributed by atoms with Gasteiger partial charge in [-0.2, -0.15) is 17.5 Å².